The Bertz CT molecular complexity index is 515. The normalized spacial score (nSPS) is 19.8. The van der Waals surface area contributed by atoms with Crippen molar-refractivity contribution in [1.29, 1.82) is 0 Å². The average molecular weight is 266 g/mol. The highest BCUT2D eigenvalue weighted by atomic mass is 35.5. The molecule has 3 rings (SSSR count). The molecule has 2 unspecified atom stereocenters. The van der Waals surface area contributed by atoms with Gasteiger partial charge in [-0.15, -0.1) is 11.3 Å². The third-order valence-electron chi connectivity index (χ3n) is 3.00. The molecular weight excluding hydrogens is 254 g/mol. The van der Waals surface area contributed by atoms with E-state index in [0.29, 0.717) is 0 Å². The number of benzene rings is 1. The fourth-order valence-electron chi connectivity index (χ4n) is 2.10. The number of halogens is 1. The lowest BCUT2D eigenvalue weighted by molar-refractivity contribution is 0.201. The second-order valence-electron chi connectivity index (χ2n) is 4.14. The van der Waals surface area contributed by atoms with Crippen LogP contribution in [0.25, 0.3) is 0 Å². The van der Waals surface area contributed by atoms with E-state index in [4.69, 9.17) is 22.1 Å². The van der Waals surface area contributed by atoms with Gasteiger partial charge in [-0.3, -0.25) is 0 Å². The second-order valence-corrected chi connectivity index (χ2v) is 5.88. The zero-order valence-electron chi connectivity index (χ0n) is 9.10. The highest BCUT2D eigenvalue weighted by Crippen LogP contribution is 2.35. The van der Waals surface area contributed by atoms with Crippen LogP contribution in [0.4, 0.5) is 0 Å². The molecule has 0 fully saturated rings. The monoisotopic (exact) mass is 265 g/mol. The lowest BCUT2D eigenvalue weighted by atomic mass is 10.0. The Kier molecular flexibility index (Phi) is 2.82. The molecule has 0 saturated heterocycles. The van der Waals surface area contributed by atoms with Gasteiger partial charge in [0, 0.05) is 11.3 Å². The first-order valence-electron chi connectivity index (χ1n) is 5.49. The molecule has 2 heterocycles. The van der Waals surface area contributed by atoms with E-state index in [0.717, 1.165) is 21.4 Å². The summed E-state index contributed by atoms with van der Waals surface area (Å²) >= 11 is 7.44. The van der Waals surface area contributed by atoms with Gasteiger partial charge < -0.3 is 10.5 Å². The predicted molar refractivity (Wildman–Crippen MR) is 70.8 cm³/mol. The van der Waals surface area contributed by atoms with E-state index in [1.165, 1.54) is 16.9 Å². The van der Waals surface area contributed by atoms with Crippen LogP contribution in [0.5, 0.6) is 5.75 Å². The molecule has 0 amide bonds. The Morgan fingerprint density at radius 2 is 2.12 bits per heavy atom. The number of hydrogen-bond acceptors (Lipinski definition) is 3. The van der Waals surface area contributed by atoms with E-state index in [-0.39, 0.29) is 12.1 Å². The van der Waals surface area contributed by atoms with Crippen molar-refractivity contribution in [2.75, 3.05) is 0 Å². The van der Waals surface area contributed by atoms with Crippen LogP contribution in [-0.2, 0) is 6.42 Å². The summed E-state index contributed by atoms with van der Waals surface area (Å²) in [6, 6.07) is 11.8. The van der Waals surface area contributed by atoms with E-state index in [9.17, 15) is 0 Å². The third kappa shape index (κ3) is 2.06. The molecule has 1 aliphatic rings. The maximum absolute atomic E-state index is 6.22. The Balaban J connectivity index is 1.80. The van der Waals surface area contributed by atoms with Crippen molar-refractivity contribution in [3.63, 3.8) is 0 Å². The molecular formula is C13H12ClNOS. The number of ether oxygens (including phenoxy) is 1. The molecule has 2 aromatic rings. The molecule has 2 N–H and O–H groups in total. The number of rotatable bonds is 2. The van der Waals surface area contributed by atoms with Crippen LogP contribution in [-0.4, -0.2) is 6.10 Å². The van der Waals surface area contributed by atoms with E-state index in [1.807, 2.05) is 30.3 Å². The van der Waals surface area contributed by atoms with Gasteiger partial charge in [0.25, 0.3) is 0 Å². The van der Waals surface area contributed by atoms with Crippen molar-refractivity contribution in [3.8, 4) is 5.75 Å². The van der Waals surface area contributed by atoms with Crippen LogP contribution in [0, 0.1) is 0 Å². The quantitative estimate of drug-likeness (QED) is 0.903. The molecule has 1 aromatic carbocycles. The second kappa shape index (κ2) is 4.33. The molecule has 2 nitrogen and oxygen atoms in total. The van der Waals surface area contributed by atoms with Gasteiger partial charge in [-0.2, -0.15) is 0 Å². The number of thiophene rings is 1. The fourth-order valence-corrected chi connectivity index (χ4v) is 3.22. The van der Waals surface area contributed by atoms with E-state index < -0.39 is 0 Å². The van der Waals surface area contributed by atoms with Gasteiger partial charge >= 0.3 is 0 Å². The zero-order chi connectivity index (χ0) is 11.8. The van der Waals surface area contributed by atoms with E-state index >= 15 is 0 Å². The Morgan fingerprint density at radius 1 is 1.29 bits per heavy atom. The molecule has 0 spiro atoms. The van der Waals surface area contributed by atoms with Crippen LogP contribution >= 0.6 is 22.9 Å². The standard InChI is InChI=1S/C13H12ClNOS/c14-12-6-5-11(17-12)13(15)10-7-8-3-1-2-4-9(8)16-10/h1-6,10,13H,7,15H2. The number of fused-ring (bicyclic) bond motifs is 1. The molecule has 0 saturated carbocycles. The van der Waals surface area contributed by atoms with Gasteiger partial charge in [-0.05, 0) is 23.8 Å². The lowest BCUT2D eigenvalue weighted by Gasteiger charge is -2.17. The minimum Gasteiger partial charge on any atom is -0.488 e. The first-order chi connectivity index (χ1) is 8.24. The molecule has 4 heteroatoms. The smallest absolute Gasteiger partial charge is 0.123 e. The van der Waals surface area contributed by atoms with E-state index in [2.05, 4.69) is 6.07 Å². The Labute approximate surface area is 109 Å². The minimum atomic E-state index is -0.111. The SMILES string of the molecule is NC(c1ccc(Cl)s1)C1Cc2ccccc2O1. The van der Waals surface area contributed by atoms with Crippen molar-refractivity contribution >= 4 is 22.9 Å². The fraction of sp³-hybridized carbons (Fsp3) is 0.231. The largest absolute Gasteiger partial charge is 0.488 e. The van der Waals surface area contributed by atoms with Crippen molar-refractivity contribution < 1.29 is 4.74 Å². The van der Waals surface area contributed by atoms with Crippen LogP contribution in [0.3, 0.4) is 0 Å². The van der Waals surface area contributed by atoms with E-state index in [1.54, 1.807) is 0 Å². The highest BCUT2D eigenvalue weighted by Gasteiger charge is 2.29. The zero-order valence-corrected chi connectivity index (χ0v) is 10.7. The number of hydrogen-bond donors (Lipinski definition) is 1. The topological polar surface area (TPSA) is 35.2 Å². The van der Waals surface area contributed by atoms with Gasteiger partial charge in [-0.25, -0.2) is 0 Å². The van der Waals surface area contributed by atoms with Gasteiger partial charge in [0.15, 0.2) is 0 Å². The Hall–Kier alpha value is -1.03. The highest BCUT2D eigenvalue weighted by molar-refractivity contribution is 7.16. The molecule has 1 aliphatic heterocycles. The summed E-state index contributed by atoms with van der Waals surface area (Å²) in [5.74, 6) is 0.954. The first kappa shape index (κ1) is 11.1. The average Bonchev–Trinajstić information content (AvgIpc) is 2.93. The van der Waals surface area contributed by atoms with Gasteiger partial charge in [0.2, 0.25) is 0 Å². The van der Waals surface area contributed by atoms with Gasteiger partial charge in [0.1, 0.15) is 11.9 Å². The molecule has 2 atom stereocenters. The number of nitrogens with two attached hydrogens (primary N) is 1. The first-order valence-corrected chi connectivity index (χ1v) is 6.69. The summed E-state index contributed by atoms with van der Waals surface area (Å²) < 4.78 is 6.64. The minimum absolute atomic E-state index is 0.0158. The van der Waals surface area contributed by atoms with Crippen LogP contribution in [0.1, 0.15) is 16.5 Å². The molecule has 17 heavy (non-hydrogen) atoms. The lowest BCUT2D eigenvalue weighted by Crippen LogP contribution is -2.29. The van der Waals surface area contributed by atoms with Gasteiger partial charge in [-0.1, -0.05) is 29.8 Å². The maximum Gasteiger partial charge on any atom is 0.123 e. The van der Waals surface area contributed by atoms with Crippen molar-refractivity contribution in [2.24, 2.45) is 5.73 Å². The van der Waals surface area contributed by atoms with Gasteiger partial charge in [0.05, 0.1) is 10.4 Å². The van der Waals surface area contributed by atoms with Crippen LogP contribution in [0.15, 0.2) is 36.4 Å². The summed E-state index contributed by atoms with van der Waals surface area (Å²) in [6.07, 6.45) is 0.884. The van der Waals surface area contributed by atoms with Crippen molar-refractivity contribution in [2.45, 2.75) is 18.6 Å². The van der Waals surface area contributed by atoms with Crippen LogP contribution < -0.4 is 10.5 Å². The molecule has 0 bridgehead atoms. The molecule has 1 aromatic heterocycles. The third-order valence-corrected chi connectivity index (χ3v) is 4.33. The van der Waals surface area contributed by atoms with Crippen molar-refractivity contribution in [3.05, 3.63) is 51.2 Å². The summed E-state index contributed by atoms with van der Waals surface area (Å²) in [5.41, 5.74) is 7.45. The summed E-state index contributed by atoms with van der Waals surface area (Å²) in [5, 5.41) is 0. The van der Waals surface area contributed by atoms with Crippen LogP contribution in [0.2, 0.25) is 4.34 Å². The number of para-hydroxylation sites is 1. The molecule has 0 radical (unpaired) electrons. The molecule has 88 valence electrons. The summed E-state index contributed by atoms with van der Waals surface area (Å²) in [7, 11) is 0. The Morgan fingerprint density at radius 3 is 2.82 bits per heavy atom. The molecule has 0 aliphatic carbocycles. The predicted octanol–water partition coefficient (Wildman–Crippen LogP) is 3.41. The summed E-state index contributed by atoms with van der Waals surface area (Å²) in [6.45, 7) is 0. The van der Waals surface area contributed by atoms with Crippen molar-refractivity contribution in [1.82, 2.24) is 0 Å². The summed E-state index contributed by atoms with van der Waals surface area (Å²) in [4.78, 5) is 1.08. The maximum atomic E-state index is 6.22.